The van der Waals surface area contributed by atoms with Crippen LogP contribution >= 0.6 is 0 Å². The van der Waals surface area contributed by atoms with Crippen LogP contribution in [0.3, 0.4) is 0 Å². The number of allylic oxidation sites excluding steroid dienone is 3. The van der Waals surface area contributed by atoms with E-state index in [0.717, 1.165) is 17.6 Å². The van der Waals surface area contributed by atoms with Gasteiger partial charge in [-0.2, -0.15) is 5.26 Å². The SMILES string of the molecule is CCC1CC2=C(OC(N)=C(C#N)C2c2ccccc2F)/C(=C/c2ccccc2F)C1. The zero-order valence-electron chi connectivity index (χ0n) is 16.7. The molecule has 0 saturated heterocycles. The lowest BCUT2D eigenvalue weighted by Gasteiger charge is -2.36. The molecule has 1 heterocycles. The molecule has 2 N–H and O–H groups in total. The van der Waals surface area contributed by atoms with E-state index in [4.69, 9.17) is 10.5 Å². The van der Waals surface area contributed by atoms with E-state index in [1.165, 1.54) is 12.1 Å². The number of benzene rings is 2. The lowest BCUT2D eigenvalue weighted by molar-refractivity contribution is 0.264. The molecule has 4 rings (SSSR count). The minimum atomic E-state index is -0.613. The Bertz CT molecular complexity index is 1120. The molecular formula is C25H22F2N2O. The quantitative estimate of drug-likeness (QED) is 0.690. The number of nitriles is 1. The van der Waals surface area contributed by atoms with Gasteiger partial charge in [0.05, 0.1) is 5.92 Å². The Balaban J connectivity index is 1.92. The average molecular weight is 404 g/mol. The van der Waals surface area contributed by atoms with Gasteiger partial charge in [0, 0.05) is 11.1 Å². The zero-order valence-corrected chi connectivity index (χ0v) is 16.7. The normalized spacial score (nSPS) is 22.5. The van der Waals surface area contributed by atoms with Crippen LogP contribution < -0.4 is 5.73 Å². The Morgan fingerprint density at radius 1 is 1.10 bits per heavy atom. The third-order valence-corrected chi connectivity index (χ3v) is 5.86. The van der Waals surface area contributed by atoms with Gasteiger partial charge in [-0.05, 0) is 48.1 Å². The van der Waals surface area contributed by atoms with E-state index >= 15 is 0 Å². The first-order valence-electron chi connectivity index (χ1n) is 10.0. The maximum Gasteiger partial charge on any atom is 0.205 e. The van der Waals surface area contributed by atoms with Crippen molar-refractivity contribution >= 4 is 6.08 Å². The minimum Gasteiger partial charge on any atom is -0.440 e. The Kier molecular flexibility index (Phi) is 5.41. The molecule has 0 amide bonds. The molecule has 2 aliphatic rings. The molecule has 2 aromatic rings. The van der Waals surface area contributed by atoms with Gasteiger partial charge in [-0.25, -0.2) is 8.78 Å². The van der Waals surface area contributed by atoms with Gasteiger partial charge in [-0.15, -0.1) is 0 Å². The number of rotatable bonds is 3. The van der Waals surface area contributed by atoms with Crippen molar-refractivity contribution in [3.8, 4) is 6.07 Å². The van der Waals surface area contributed by atoms with E-state index < -0.39 is 11.7 Å². The lowest BCUT2D eigenvalue weighted by atomic mass is 9.72. The molecule has 0 spiro atoms. The van der Waals surface area contributed by atoms with Crippen molar-refractivity contribution in [2.45, 2.75) is 32.1 Å². The summed E-state index contributed by atoms with van der Waals surface area (Å²) < 4.78 is 35.0. The van der Waals surface area contributed by atoms with Gasteiger partial charge in [0.25, 0.3) is 0 Å². The summed E-state index contributed by atoms with van der Waals surface area (Å²) in [7, 11) is 0. The van der Waals surface area contributed by atoms with Crippen LogP contribution in [0.1, 0.15) is 43.2 Å². The zero-order chi connectivity index (χ0) is 21.3. The highest BCUT2D eigenvalue weighted by Crippen LogP contribution is 2.49. The third kappa shape index (κ3) is 3.50. The maximum absolute atomic E-state index is 14.7. The van der Waals surface area contributed by atoms with Gasteiger partial charge in [0.1, 0.15) is 29.0 Å². The molecule has 1 aliphatic heterocycles. The summed E-state index contributed by atoms with van der Waals surface area (Å²) in [4.78, 5) is 0. The van der Waals surface area contributed by atoms with Crippen molar-refractivity contribution in [1.29, 1.82) is 5.26 Å². The van der Waals surface area contributed by atoms with Crippen molar-refractivity contribution in [1.82, 2.24) is 0 Å². The molecule has 0 aromatic heterocycles. The van der Waals surface area contributed by atoms with Crippen LogP contribution in [0.15, 0.2) is 76.9 Å². The monoisotopic (exact) mass is 404 g/mol. The van der Waals surface area contributed by atoms with Crippen LogP contribution in [0.25, 0.3) is 6.08 Å². The van der Waals surface area contributed by atoms with Gasteiger partial charge < -0.3 is 10.5 Å². The molecule has 5 heteroatoms. The van der Waals surface area contributed by atoms with Crippen LogP contribution in [0, 0.1) is 28.9 Å². The second-order valence-corrected chi connectivity index (χ2v) is 7.67. The number of hydrogen-bond donors (Lipinski definition) is 1. The number of hydrogen-bond acceptors (Lipinski definition) is 3. The van der Waals surface area contributed by atoms with Gasteiger partial charge in [-0.3, -0.25) is 0 Å². The van der Waals surface area contributed by atoms with Crippen molar-refractivity contribution in [3.63, 3.8) is 0 Å². The molecule has 1 aliphatic carbocycles. The highest BCUT2D eigenvalue weighted by atomic mass is 19.1. The van der Waals surface area contributed by atoms with Gasteiger partial charge in [-0.1, -0.05) is 49.7 Å². The highest BCUT2D eigenvalue weighted by molar-refractivity contribution is 5.62. The molecule has 3 nitrogen and oxygen atoms in total. The molecule has 2 aromatic carbocycles. The van der Waals surface area contributed by atoms with Gasteiger partial charge in [0.2, 0.25) is 5.88 Å². The van der Waals surface area contributed by atoms with E-state index in [1.54, 1.807) is 42.5 Å². The molecule has 0 bridgehead atoms. The summed E-state index contributed by atoms with van der Waals surface area (Å²) in [6.07, 6.45) is 4.03. The fourth-order valence-electron chi connectivity index (χ4n) is 4.31. The van der Waals surface area contributed by atoms with E-state index in [-0.39, 0.29) is 23.2 Å². The van der Waals surface area contributed by atoms with Crippen molar-refractivity contribution < 1.29 is 13.5 Å². The minimum absolute atomic E-state index is 0.0288. The summed E-state index contributed by atoms with van der Waals surface area (Å²) in [6, 6.07) is 15.1. The number of ether oxygens (including phenoxy) is 1. The summed E-state index contributed by atoms with van der Waals surface area (Å²) in [6.45, 7) is 2.09. The third-order valence-electron chi connectivity index (χ3n) is 5.86. The second-order valence-electron chi connectivity index (χ2n) is 7.67. The fraction of sp³-hybridized carbons (Fsp3) is 0.240. The first-order valence-corrected chi connectivity index (χ1v) is 10.0. The highest BCUT2D eigenvalue weighted by Gasteiger charge is 2.38. The van der Waals surface area contributed by atoms with Crippen LogP contribution in [-0.2, 0) is 4.74 Å². The van der Waals surface area contributed by atoms with Crippen LogP contribution in [-0.4, -0.2) is 0 Å². The largest absolute Gasteiger partial charge is 0.440 e. The predicted octanol–water partition coefficient (Wildman–Crippen LogP) is 5.93. The molecule has 0 fully saturated rings. The lowest BCUT2D eigenvalue weighted by Crippen LogP contribution is -2.27. The summed E-state index contributed by atoms with van der Waals surface area (Å²) in [5.41, 5.74) is 8.81. The molecular weight excluding hydrogens is 382 g/mol. The number of nitrogens with zero attached hydrogens (tertiary/aromatic N) is 1. The average Bonchev–Trinajstić information content (AvgIpc) is 2.75. The van der Waals surface area contributed by atoms with Crippen LogP contribution in [0.2, 0.25) is 0 Å². The van der Waals surface area contributed by atoms with Gasteiger partial charge in [0.15, 0.2) is 0 Å². The topological polar surface area (TPSA) is 59.0 Å². The van der Waals surface area contributed by atoms with Crippen molar-refractivity contribution in [3.05, 3.63) is 99.7 Å². The summed E-state index contributed by atoms with van der Waals surface area (Å²) in [5, 5.41) is 9.76. The van der Waals surface area contributed by atoms with Crippen molar-refractivity contribution in [2.75, 3.05) is 0 Å². The number of nitrogens with two attached hydrogens (primary N) is 1. The van der Waals surface area contributed by atoms with E-state index in [2.05, 4.69) is 13.0 Å². The Hall–Kier alpha value is -3.39. The van der Waals surface area contributed by atoms with Crippen LogP contribution in [0.4, 0.5) is 8.78 Å². The second kappa shape index (κ2) is 8.16. The number of halogens is 2. The summed E-state index contributed by atoms with van der Waals surface area (Å²) >= 11 is 0. The van der Waals surface area contributed by atoms with E-state index in [0.29, 0.717) is 29.7 Å². The fourth-order valence-corrected chi connectivity index (χ4v) is 4.31. The van der Waals surface area contributed by atoms with Crippen molar-refractivity contribution in [2.24, 2.45) is 11.7 Å². The molecule has 2 atom stereocenters. The molecule has 2 unspecified atom stereocenters. The molecule has 0 radical (unpaired) electrons. The Morgan fingerprint density at radius 3 is 2.47 bits per heavy atom. The van der Waals surface area contributed by atoms with E-state index in [9.17, 15) is 14.0 Å². The van der Waals surface area contributed by atoms with E-state index in [1.807, 2.05) is 0 Å². The molecule has 30 heavy (non-hydrogen) atoms. The van der Waals surface area contributed by atoms with Gasteiger partial charge >= 0.3 is 0 Å². The first kappa shape index (κ1) is 19.9. The smallest absolute Gasteiger partial charge is 0.205 e. The van der Waals surface area contributed by atoms with Crippen LogP contribution in [0.5, 0.6) is 0 Å². The summed E-state index contributed by atoms with van der Waals surface area (Å²) in [5.74, 6) is -0.549. The Morgan fingerprint density at radius 2 is 1.80 bits per heavy atom. The standard InChI is InChI=1S/C25H22F2N2O/c1-2-15-11-17(13-16-7-3-5-9-21(16)26)24-19(12-15)23(20(14-28)25(29)30-24)18-8-4-6-10-22(18)27/h3-10,13,15,23H,2,11-12,29H2,1H3/b17-13+. The molecule has 0 saturated carbocycles. The maximum atomic E-state index is 14.7. The predicted molar refractivity (Wildman–Crippen MR) is 111 cm³/mol. The first-order chi connectivity index (χ1) is 14.5. The molecule has 152 valence electrons. The Labute approximate surface area is 174 Å².